The summed E-state index contributed by atoms with van der Waals surface area (Å²) in [6.45, 7) is 4.52. The van der Waals surface area contributed by atoms with Crippen molar-refractivity contribution in [1.82, 2.24) is 25.0 Å². The van der Waals surface area contributed by atoms with E-state index in [1.165, 1.54) is 0 Å². The highest BCUT2D eigenvalue weighted by Gasteiger charge is 2.29. The first-order valence-electron chi connectivity index (χ1n) is 8.64. The Morgan fingerprint density at radius 1 is 1.28 bits per heavy atom. The van der Waals surface area contributed by atoms with E-state index in [4.69, 9.17) is 0 Å². The number of hydrogen-bond donors (Lipinski definition) is 1. The van der Waals surface area contributed by atoms with Gasteiger partial charge in [-0.05, 0) is 43.0 Å². The molecule has 3 rings (SSSR count). The van der Waals surface area contributed by atoms with Gasteiger partial charge in [0.05, 0.1) is 0 Å². The molecule has 0 bridgehead atoms. The Morgan fingerprint density at radius 3 is 2.80 bits per heavy atom. The van der Waals surface area contributed by atoms with Crippen molar-refractivity contribution in [3.63, 3.8) is 0 Å². The van der Waals surface area contributed by atoms with Crippen LogP contribution in [-0.2, 0) is 17.9 Å². The zero-order valence-corrected chi connectivity index (χ0v) is 14.4. The molecule has 0 radical (unpaired) electrons. The van der Waals surface area contributed by atoms with Gasteiger partial charge < -0.3 is 10.2 Å². The van der Waals surface area contributed by atoms with Crippen molar-refractivity contribution >= 4 is 11.8 Å². The molecule has 0 aliphatic carbocycles. The number of nitrogens with zero attached hydrogens (tertiary/aromatic N) is 4. The lowest BCUT2D eigenvalue weighted by Gasteiger charge is -2.15. The predicted octanol–water partition coefficient (Wildman–Crippen LogP) is 1.47. The van der Waals surface area contributed by atoms with Gasteiger partial charge in [-0.2, -0.15) is 5.10 Å². The Morgan fingerprint density at radius 2 is 2.08 bits per heavy atom. The molecule has 1 fully saturated rings. The monoisotopic (exact) mass is 341 g/mol. The SMILES string of the molecule is CCn1ccc(C(=O)N2CCC(CC(=O)NCc3ccncc3)C2)n1. The van der Waals surface area contributed by atoms with Crippen molar-refractivity contribution < 1.29 is 9.59 Å². The third kappa shape index (κ3) is 4.43. The van der Waals surface area contributed by atoms with E-state index in [-0.39, 0.29) is 17.7 Å². The van der Waals surface area contributed by atoms with Gasteiger partial charge in [-0.1, -0.05) is 0 Å². The summed E-state index contributed by atoms with van der Waals surface area (Å²) in [6, 6.07) is 5.51. The number of nitrogens with one attached hydrogen (secondary N) is 1. The van der Waals surface area contributed by atoms with Gasteiger partial charge in [0, 0.05) is 51.2 Å². The Labute approximate surface area is 147 Å². The summed E-state index contributed by atoms with van der Waals surface area (Å²) in [7, 11) is 0. The van der Waals surface area contributed by atoms with Crippen LogP contribution in [-0.4, -0.2) is 44.6 Å². The van der Waals surface area contributed by atoms with Gasteiger partial charge in [0.1, 0.15) is 5.69 Å². The van der Waals surface area contributed by atoms with Crippen LogP contribution in [0.3, 0.4) is 0 Å². The van der Waals surface area contributed by atoms with E-state index in [0.717, 1.165) is 18.5 Å². The van der Waals surface area contributed by atoms with E-state index in [2.05, 4.69) is 15.4 Å². The molecule has 1 unspecified atom stereocenters. The molecule has 7 nitrogen and oxygen atoms in total. The number of likely N-dealkylation sites (tertiary alicyclic amines) is 1. The van der Waals surface area contributed by atoms with Crippen LogP contribution in [0.15, 0.2) is 36.8 Å². The maximum Gasteiger partial charge on any atom is 0.274 e. The Bertz CT molecular complexity index is 728. The molecule has 3 heterocycles. The first-order chi connectivity index (χ1) is 12.2. The van der Waals surface area contributed by atoms with Crippen molar-refractivity contribution in [2.24, 2.45) is 5.92 Å². The lowest BCUT2D eigenvalue weighted by Crippen LogP contribution is -2.30. The van der Waals surface area contributed by atoms with Crippen molar-refractivity contribution in [2.45, 2.75) is 32.9 Å². The standard InChI is InChI=1S/C18H23N5O2/c1-2-23-10-6-16(21-23)18(25)22-9-5-15(13-22)11-17(24)20-12-14-3-7-19-8-4-14/h3-4,6-8,10,15H,2,5,9,11-13H2,1H3,(H,20,24). The summed E-state index contributed by atoms with van der Waals surface area (Å²) >= 11 is 0. The largest absolute Gasteiger partial charge is 0.352 e. The summed E-state index contributed by atoms with van der Waals surface area (Å²) < 4.78 is 1.74. The summed E-state index contributed by atoms with van der Waals surface area (Å²) in [4.78, 5) is 30.3. The normalized spacial score (nSPS) is 16.8. The number of aromatic nitrogens is 3. The van der Waals surface area contributed by atoms with Crippen LogP contribution in [0.5, 0.6) is 0 Å². The van der Waals surface area contributed by atoms with Crippen molar-refractivity contribution in [3.05, 3.63) is 48.0 Å². The molecule has 2 aromatic rings. The fraction of sp³-hybridized carbons (Fsp3) is 0.444. The van der Waals surface area contributed by atoms with Crippen LogP contribution in [0.2, 0.25) is 0 Å². The zero-order chi connectivity index (χ0) is 17.6. The Kier molecular flexibility index (Phi) is 5.42. The van der Waals surface area contributed by atoms with Crippen LogP contribution < -0.4 is 5.32 Å². The molecule has 0 aromatic carbocycles. The van der Waals surface area contributed by atoms with Crippen molar-refractivity contribution in [3.8, 4) is 0 Å². The quantitative estimate of drug-likeness (QED) is 0.863. The second kappa shape index (κ2) is 7.92. The van der Waals surface area contributed by atoms with Gasteiger partial charge >= 0.3 is 0 Å². The molecule has 1 atom stereocenters. The highest BCUT2D eigenvalue weighted by molar-refractivity contribution is 5.92. The molecule has 2 amide bonds. The Balaban J connectivity index is 1.46. The first-order valence-corrected chi connectivity index (χ1v) is 8.64. The van der Waals surface area contributed by atoms with Crippen LogP contribution in [0.25, 0.3) is 0 Å². The topological polar surface area (TPSA) is 80.1 Å². The molecular weight excluding hydrogens is 318 g/mol. The summed E-state index contributed by atoms with van der Waals surface area (Å²) in [5, 5.41) is 7.19. The van der Waals surface area contributed by atoms with Crippen LogP contribution in [0, 0.1) is 5.92 Å². The van der Waals surface area contributed by atoms with Crippen LogP contribution in [0.1, 0.15) is 35.8 Å². The molecule has 0 saturated carbocycles. The number of amides is 2. The van der Waals surface area contributed by atoms with Gasteiger partial charge in [0.2, 0.25) is 5.91 Å². The van der Waals surface area contributed by atoms with E-state index < -0.39 is 0 Å². The van der Waals surface area contributed by atoms with E-state index in [1.54, 1.807) is 28.0 Å². The third-order valence-electron chi connectivity index (χ3n) is 4.47. The molecule has 1 N–H and O–H groups in total. The minimum Gasteiger partial charge on any atom is -0.352 e. The molecule has 132 valence electrons. The molecule has 1 aliphatic heterocycles. The highest BCUT2D eigenvalue weighted by atomic mass is 16.2. The van der Waals surface area contributed by atoms with Gasteiger partial charge in [0.25, 0.3) is 5.91 Å². The molecule has 25 heavy (non-hydrogen) atoms. The number of carbonyl (C=O) groups excluding carboxylic acids is 2. The second-order valence-corrected chi connectivity index (χ2v) is 6.30. The molecule has 7 heteroatoms. The smallest absolute Gasteiger partial charge is 0.274 e. The third-order valence-corrected chi connectivity index (χ3v) is 4.47. The van der Waals surface area contributed by atoms with Gasteiger partial charge in [-0.15, -0.1) is 0 Å². The van der Waals surface area contributed by atoms with Gasteiger partial charge in [0.15, 0.2) is 0 Å². The van der Waals surface area contributed by atoms with Crippen molar-refractivity contribution in [1.29, 1.82) is 0 Å². The maximum atomic E-state index is 12.5. The lowest BCUT2D eigenvalue weighted by molar-refractivity contribution is -0.122. The molecule has 2 aromatic heterocycles. The molecule has 0 spiro atoms. The van der Waals surface area contributed by atoms with E-state index in [0.29, 0.717) is 31.7 Å². The predicted molar refractivity (Wildman–Crippen MR) is 92.6 cm³/mol. The number of carbonyl (C=O) groups is 2. The maximum absolute atomic E-state index is 12.5. The average Bonchev–Trinajstić information content (AvgIpc) is 3.30. The molecule has 1 saturated heterocycles. The summed E-state index contributed by atoms with van der Waals surface area (Å²) in [5.74, 6) is 0.174. The number of aryl methyl sites for hydroxylation is 1. The van der Waals surface area contributed by atoms with Crippen LogP contribution in [0.4, 0.5) is 0 Å². The fourth-order valence-electron chi connectivity index (χ4n) is 3.03. The van der Waals surface area contributed by atoms with E-state index in [1.807, 2.05) is 25.3 Å². The fourth-order valence-corrected chi connectivity index (χ4v) is 3.03. The zero-order valence-electron chi connectivity index (χ0n) is 14.4. The van der Waals surface area contributed by atoms with E-state index >= 15 is 0 Å². The number of hydrogen-bond acceptors (Lipinski definition) is 4. The van der Waals surface area contributed by atoms with Gasteiger partial charge in [-0.3, -0.25) is 19.3 Å². The second-order valence-electron chi connectivity index (χ2n) is 6.30. The van der Waals surface area contributed by atoms with Crippen molar-refractivity contribution in [2.75, 3.05) is 13.1 Å². The lowest BCUT2D eigenvalue weighted by atomic mass is 10.0. The molecular formula is C18H23N5O2. The molecule has 1 aliphatic rings. The minimum absolute atomic E-state index is 0.0198. The average molecular weight is 341 g/mol. The number of pyridine rings is 1. The van der Waals surface area contributed by atoms with Crippen LogP contribution >= 0.6 is 0 Å². The van der Waals surface area contributed by atoms with E-state index in [9.17, 15) is 9.59 Å². The first kappa shape index (κ1) is 17.1. The Hall–Kier alpha value is -2.70. The highest BCUT2D eigenvalue weighted by Crippen LogP contribution is 2.21. The van der Waals surface area contributed by atoms with Gasteiger partial charge in [-0.25, -0.2) is 0 Å². The number of rotatable bonds is 6. The summed E-state index contributed by atoms with van der Waals surface area (Å²) in [6.07, 6.45) is 6.53. The summed E-state index contributed by atoms with van der Waals surface area (Å²) in [5.41, 5.74) is 1.50. The minimum atomic E-state index is -0.0492.